The lowest BCUT2D eigenvalue weighted by Crippen LogP contribution is -2.49. The first-order chi connectivity index (χ1) is 30.6. The van der Waals surface area contributed by atoms with Crippen molar-refractivity contribution in [1.82, 2.24) is 34.0 Å². The molecule has 3 fully saturated rings. The summed E-state index contributed by atoms with van der Waals surface area (Å²) in [7, 11) is 6.98. The molecule has 4 N–H and O–H groups in total. The van der Waals surface area contributed by atoms with Crippen LogP contribution in [0, 0.1) is 0 Å². The Hall–Kier alpha value is -5.55. The zero-order valence-corrected chi connectivity index (χ0v) is 37.2. The van der Waals surface area contributed by atoms with E-state index >= 15 is 0 Å². The minimum atomic E-state index is -0.746. The third-order valence-corrected chi connectivity index (χ3v) is 13.8. The number of hydrogen-bond donors (Lipinski definition) is 4. The number of nitrogens with zero attached hydrogens (tertiary/aromatic N) is 6. The average Bonchev–Trinajstić information content (AvgIpc) is 4.02. The van der Waals surface area contributed by atoms with Gasteiger partial charge in [-0.2, -0.15) is 4.98 Å². The fourth-order valence-electron chi connectivity index (χ4n) is 9.11. The Morgan fingerprint density at radius 1 is 0.952 bits per heavy atom. The summed E-state index contributed by atoms with van der Waals surface area (Å²) in [5.41, 5.74) is 3.32. The standard InChI is InChI=1S/C45H50N8O6S.C2H7N/c1-46-40(56)17-13-31(27-54)52-36-16-12-29(24-38(36)50(2)44(52)58)28-10-14-32(15-11-28)59-33-6-5-7-34(25-33)60-51-22-18-30(19-23-51)48-43-47-26-35-41(49-43)53(42(57)45(35)20-21-45)37-8-3-4-9-39(37)55;1-3-2/h5-7,10-12,14-16,24-27,30-31,37,39,55H,3-4,8-9,13,17-23H2,1-2H3,(H,46,56)(H,47,48,49);3H,1-2H3/t31?,37?,39-;/m0./s1. The van der Waals surface area contributed by atoms with E-state index in [9.17, 15) is 24.3 Å². The molecule has 4 heterocycles. The molecule has 2 aliphatic carbocycles. The van der Waals surface area contributed by atoms with Crippen molar-refractivity contribution in [3.8, 4) is 22.6 Å². The van der Waals surface area contributed by atoms with E-state index in [-0.39, 0.29) is 42.4 Å². The minimum absolute atomic E-state index is 0.0882. The van der Waals surface area contributed by atoms with Crippen molar-refractivity contribution in [1.29, 1.82) is 0 Å². The molecule has 63 heavy (non-hydrogen) atoms. The van der Waals surface area contributed by atoms with E-state index in [4.69, 9.17) is 9.72 Å². The number of nitrogens with one attached hydrogen (secondary N) is 3. The number of aliphatic hydroxyl groups is 1. The van der Waals surface area contributed by atoms with Gasteiger partial charge in [-0.15, -0.1) is 0 Å². The highest BCUT2D eigenvalue weighted by Gasteiger charge is 2.62. The van der Waals surface area contributed by atoms with Gasteiger partial charge in [0.2, 0.25) is 17.8 Å². The molecule has 0 bridgehead atoms. The van der Waals surface area contributed by atoms with E-state index < -0.39 is 17.6 Å². The van der Waals surface area contributed by atoms with Gasteiger partial charge < -0.3 is 30.6 Å². The Morgan fingerprint density at radius 2 is 1.68 bits per heavy atom. The first-order valence-electron chi connectivity index (χ1n) is 22.0. The highest BCUT2D eigenvalue weighted by atomic mass is 32.2. The molecule has 16 heteroatoms. The summed E-state index contributed by atoms with van der Waals surface area (Å²) >= 11 is 1.71. The maximum atomic E-state index is 13.6. The largest absolute Gasteiger partial charge is 0.457 e. The summed E-state index contributed by atoms with van der Waals surface area (Å²) in [6.07, 6.45) is 9.40. The van der Waals surface area contributed by atoms with Crippen LogP contribution < -0.4 is 31.3 Å². The number of aliphatic hydroxyl groups excluding tert-OH is 1. The molecule has 2 amide bonds. The van der Waals surface area contributed by atoms with Crippen molar-refractivity contribution >= 4 is 52.8 Å². The second-order valence-corrected chi connectivity index (χ2v) is 18.1. The summed E-state index contributed by atoms with van der Waals surface area (Å²) in [5, 5.41) is 19.7. The second-order valence-electron chi connectivity index (χ2n) is 17.0. The van der Waals surface area contributed by atoms with Crippen LogP contribution in [0.15, 0.2) is 82.6 Å². The molecule has 2 saturated carbocycles. The number of ether oxygens (including phenoxy) is 1. The van der Waals surface area contributed by atoms with Crippen LogP contribution >= 0.6 is 11.9 Å². The first-order valence-corrected chi connectivity index (χ1v) is 22.8. The number of carbonyl (C=O) groups is 3. The first kappa shape index (κ1) is 44.1. The number of fused-ring (bicyclic) bond motifs is 3. The molecular formula is C47H57N9O6S. The summed E-state index contributed by atoms with van der Waals surface area (Å²) in [6, 6.07) is 20.8. The van der Waals surface area contributed by atoms with Crippen LogP contribution in [-0.4, -0.2) is 99.0 Å². The number of carbonyl (C=O) groups excluding carboxylic acids is 3. The van der Waals surface area contributed by atoms with Crippen LogP contribution in [0.1, 0.15) is 75.8 Å². The highest BCUT2D eigenvalue weighted by Crippen LogP contribution is 2.57. The number of aromatic nitrogens is 4. The molecule has 2 unspecified atom stereocenters. The van der Waals surface area contributed by atoms with Crippen molar-refractivity contribution < 1.29 is 24.2 Å². The molecule has 0 radical (unpaired) electrons. The van der Waals surface area contributed by atoms with Gasteiger partial charge >= 0.3 is 5.69 Å². The van der Waals surface area contributed by atoms with E-state index in [1.165, 1.54) is 9.13 Å². The third kappa shape index (κ3) is 9.12. The average molecular weight is 876 g/mol. The fourth-order valence-corrected chi connectivity index (χ4v) is 10.1. The summed E-state index contributed by atoms with van der Waals surface area (Å²) in [4.78, 5) is 63.2. The summed E-state index contributed by atoms with van der Waals surface area (Å²) in [6.45, 7) is 1.75. The molecule has 5 aromatic rings. The molecule has 1 saturated heterocycles. The Balaban J connectivity index is 0.00000177. The number of rotatable bonds is 13. The van der Waals surface area contributed by atoms with Gasteiger partial charge in [-0.05, 0) is 125 Å². The molecule has 2 aliphatic heterocycles. The number of hydrogen-bond acceptors (Lipinski definition) is 12. The number of aldehydes is 1. The zero-order valence-electron chi connectivity index (χ0n) is 36.4. The molecule has 1 spiro atoms. The van der Waals surface area contributed by atoms with Gasteiger partial charge in [-0.3, -0.25) is 23.6 Å². The summed E-state index contributed by atoms with van der Waals surface area (Å²) < 4.78 is 11.6. The topological polar surface area (TPSA) is 176 Å². The van der Waals surface area contributed by atoms with Crippen LogP contribution in [0.5, 0.6) is 11.5 Å². The second kappa shape index (κ2) is 19.1. The molecular weight excluding hydrogens is 819 g/mol. The smallest absolute Gasteiger partial charge is 0.329 e. The lowest BCUT2D eigenvalue weighted by Gasteiger charge is -2.35. The quantitative estimate of drug-likeness (QED) is 0.0809. The fraction of sp³-hybridized carbons (Fsp3) is 0.447. The Morgan fingerprint density at radius 3 is 2.38 bits per heavy atom. The molecule has 2 aromatic heterocycles. The number of imidazole rings is 1. The summed E-state index contributed by atoms with van der Waals surface area (Å²) in [5.74, 6) is 2.57. The van der Waals surface area contributed by atoms with Gasteiger partial charge in [-0.1, -0.05) is 37.1 Å². The van der Waals surface area contributed by atoms with Crippen molar-refractivity contribution in [3.63, 3.8) is 0 Å². The SMILES string of the molecule is CNC.CNC(=O)CCC(C=O)n1c(=O)n(C)c2cc(-c3ccc(Oc4cccc(SN5CCC(Nc6ncc7c(n6)N(C6CCCC[C@@H]6O)C(=O)C76CC6)CC5)c4)cc3)ccc21. The zero-order chi connectivity index (χ0) is 44.3. The Kier molecular flexibility index (Phi) is 13.3. The van der Waals surface area contributed by atoms with Gasteiger partial charge in [0.05, 0.1) is 34.6 Å². The van der Waals surface area contributed by atoms with Crippen LogP contribution in [0.25, 0.3) is 22.2 Å². The van der Waals surface area contributed by atoms with Crippen LogP contribution in [0.4, 0.5) is 11.8 Å². The van der Waals surface area contributed by atoms with E-state index in [2.05, 4.69) is 31.3 Å². The van der Waals surface area contributed by atoms with Crippen LogP contribution in [0.2, 0.25) is 0 Å². The third-order valence-electron chi connectivity index (χ3n) is 12.7. The Labute approximate surface area is 371 Å². The highest BCUT2D eigenvalue weighted by molar-refractivity contribution is 7.97. The molecule has 4 aliphatic rings. The molecule has 3 aromatic carbocycles. The lowest BCUT2D eigenvalue weighted by molar-refractivity contribution is -0.122. The number of amides is 2. The van der Waals surface area contributed by atoms with Gasteiger partial charge in [0.25, 0.3) is 0 Å². The lowest BCUT2D eigenvalue weighted by atomic mass is 9.91. The van der Waals surface area contributed by atoms with Gasteiger partial charge in [0.1, 0.15) is 23.6 Å². The van der Waals surface area contributed by atoms with Gasteiger partial charge in [0.15, 0.2) is 0 Å². The predicted molar refractivity (Wildman–Crippen MR) is 245 cm³/mol. The molecule has 3 atom stereocenters. The number of anilines is 2. The van der Waals surface area contributed by atoms with Crippen LogP contribution in [0.3, 0.4) is 0 Å². The maximum Gasteiger partial charge on any atom is 0.329 e. The number of benzene rings is 3. The van der Waals surface area contributed by atoms with Crippen molar-refractivity contribution in [2.45, 2.75) is 98.7 Å². The van der Waals surface area contributed by atoms with Gasteiger partial charge in [-0.25, -0.2) is 14.1 Å². The molecule has 9 rings (SSSR count). The van der Waals surface area contributed by atoms with E-state index in [1.54, 1.807) is 26.0 Å². The van der Waals surface area contributed by atoms with Crippen molar-refractivity contribution in [2.24, 2.45) is 7.05 Å². The van der Waals surface area contributed by atoms with Crippen LogP contribution in [-0.2, 0) is 26.8 Å². The molecule has 332 valence electrons. The van der Waals surface area contributed by atoms with Gasteiger partial charge in [0, 0.05) is 56.3 Å². The van der Waals surface area contributed by atoms with Crippen molar-refractivity contribution in [3.05, 3.63) is 89.0 Å². The number of aryl methyl sites for hydroxylation is 1. The number of piperidine rings is 1. The maximum absolute atomic E-state index is 13.6. The normalized spacial score (nSPS) is 19.9. The van der Waals surface area contributed by atoms with E-state index in [0.717, 1.165) is 91.7 Å². The Bertz CT molecular complexity index is 2510. The van der Waals surface area contributed by atoms with E-state index in [0.29, 0.717) is 35.0 Å². The molecule has 15 nitrogen and oxygen atoms in total. The monoisotopic (exact) mass is 875 g/mol. The van der Waals surface area contributed by atoms with E-state index in [1.807, 2.05) is 85.9 Å². The predicted octanol–water partition coefficient (Wildman–Crippen LogP) is 5.96. The minimum Gasteiger partial charge on any atom is -0.457 e. The van der Waals surface area contributed by atoms with Crippen molar-refractivity contribution in [2.75, 3.05) is 44.4 Å².